The van der Waals surface area contributed by atoms with Crippen LogP contribution < -0.4 is 10.6 Å². The van der Waals surface area contributed by atoms with E-state index < -0.39 is 0 Å². The highest BCUT2D eigenvalue weighted by molar-refractivity contribution is 4.91. The maximum atomic E-state index is 4.23. The maximum Gasteiger partial charge on any atom is 0.0912 e. The van der Waals surface area contributed by atoms with Crippen LogP contribution in [0.2, 0.25) is 0 Å². The lowest BCUT2D eigenvalue weighted by molar-refractivity contribution is 0.184. The van der Waals surface area contributed by atoms with Crippen molar-refractivity contribution in [2.24, 2.45) is 33.5 Å². The van der Waals surface area contributed by atoms with Crippen LogP contribution in [0.15, 0.2) is 25.1 Å². The van der Waals surface area contributed by atoms with Gasteiger partial charge in [-0.05, 0) is 78.4 Å². The Balaban J connectivity index is 4.34. The van der Waals surface area contributed by atoms with Gasteiger partial charge in [0.2, 0.25) is 0 Å². The van der Waals surface area contributed by atoms with Crippen molar-refractivity contribution >= 4 is 0 Å². The summed E-state index contributed by atoms with van der Waals surface area (Å²) in [5, 5.41) is 7.10. The normalized spacial score (nSPS) is 15.1. The molecule has 0 fully saturated rings. The zero-order valence-corrected chi connectivity index (χ0v) is 24.7. The van der Waals surface area contributed by atoms with Crippen LogP contribution in [0.1, 0.15) is 128 Å². The van der Waals surface area contributed by atoms with E-state index in [1.807, 2.05) is 0 Å². The van der Waals surface area contributed by atoms with Gasteiger partial charge in [-0.25, -0.2) is 0 Å². The van der Waals surface area contributed by atoms with Crippen molar-refractivity contribution in [3.05, 3.63) is 25.1 Å². The molecule has 0 saturated carbocycles. The molecule has 0 saturated heterocycles. The van der Waals surface area contributed by atoms with Gasteiger partial charge in [-0.1, -0.05) is 95.2 Å². The average molecular weight is 463 g/mol. The highest BCUT2D eigenvalue weighted by Crippen LogP contribution is 2.38. The Kier molecular flexibility index (Phi) is 13.5. The summed E-state index contributed by atoms with van der Waals surface area (Å²) in [5.41, 5.74) is 1.44. The van der Waals surface area contributed by atoms with Gasteiger partial charge in [0.25, 0.3) is 0 Å². The second-order valence-corrected chi connectivity index (χ2v) is 14.2. The van der Waals surface area contributed by atoms with Crippen LogP contribution >= 0.6 is 0 Å². The summed E-state index contributed by atoms with van der Waals surface area (Å²) in [6.07, 6.45) is 12.2. The molecular formula is C31H62N2. The SMILES string of the molecule is C=CC(C)C(C)CC(C)(C)CCC(C)(C)CCNC(=C)NCC(C)(C)CCC(C)(C)CCC. The fraction of sp³-hybridized carbons (Fsp3) is 0.871. The molecule has 0 rings (SSSR count). The number of nitrogens with one attached hydrogen (secondary N) is 2. The standard InChI is InChI=1S/C31H62N2/c1-14-16-28(6,7)18-20-31(12,13)24-33-27(5)32-22-21-29(8,9)17-19-30(10,11)23-26(4)25(3)15-2/h15,25-26,32-33H,2,5,14,16-24H2,1,3-4,6-13H3. The Hall–Kier alpha value is -0.920. The number of allylic oxidation sites excluding steroid dienone is 1. The van der Waals surface area contributed by atoms with E-state index in [0.717, 1.165) is 25.3 Å². The van der Waals surface area contributed by atoms with E-state index in [9.17, 15) is 0 Å². The largest absolute Gasteiger partial charge is 0.372 e. The lowest BCUT2D eigenvalue weighted by Gasteiger charge is -2.34. The Morgan fingerprint density at radius 2 is 1.21 bits per heavy atom. The van der Waals surface area contributed by atoms with Crippen molar-refractivity contribution in [3.8, 4) is 0 Å². The van der Waals surface area contributed by atoms with Crippen molar-refractivity contribution in [1.82, 2.24) is 10.6 Å². The fourth-order valence-electron chi connectivity index (χ4n) is 4.72. The van der Waals surface area contributed by atoms with E-state index in [2.05, 4.69) is 106 Å². The minimum absolute atomic E-state index is 0.278. The molecule has 0 aromatic rings. The minimum Gasteiger partial charge on any atom is -0.372 e. The van der Waals surface area contributed by atoms with Crippen LogP contribution in [0.4, 0.5) is 0 Å². The minimum atomic E-state index is 0.278. The van der Waals surface area contributed by atoms with E-state index in [0.29, 0.717) is 28.1 Å². The molecule has 0 amide bonds. The predicted molar refractivity (Wildman–Crippen MR) is 151 cm³/mol. The first kappa shape index (κ1) is 32.1. The first-order valence-electron chi connectivity index (χ1n) is 13.7. The van der Waals surface area contributed by atoms with Gasteiger partial charge < -0.3 is 10.6 Å². The van der Waals surface area contributed by atoms with Crippen molar-refractivity contribution in [3.63, 3.8) is 0 Å². The van der Waals surface area contributed by atoms with Crippen molar-refractivity contribution in [1.29, 1.82) is 0 Å². The molecule has 0 aliphatic rings. The highest BCUT2D eigenvalue weighted by atomic mass is 15.1. The van der Waals surface area contributed by atoms with Crippen LogP contribution in [0.5, 0.6) is 0 Å². The third kappa shape index (κ3) is 15.6. The monoisotopic (exact) mass is 462 g/mol. The molecule has 196 valence electrons. The summed E-state index contributed by atoms with van der Waals surface area (Å²) in [5.74, 6) is 2.26. The maximum absolute atomic E-state index is 4.23. The zero-order valence-electron chi connectivity index (χ0n) is 24.7. The lowest BCUT2D eigenvalue weighted by Crippen LogP contribution is -2.35. The summed E-state index contributed by atoms with van der Waals surface area (Å²) in [7, 11) is 0. The van der Waals surface area contributed by atoms with E-state index in [4.69, 9.17) is 0 Å². The molecule has 2 atom stereocenters. The predicted octanol–water partition coefficient (Wildman–Crippen LogP) is 9.34. The summed E-state index contributed by atoms with van der Waals surface area (Å²) in [6.45, 7) is 36.4. The summed E-state index contributed by atoms with van der Waals surface area (Å²) in [6, 6.07) is 0. The topological polar surface area (TPSA) is 24.1 Å². The van der Waals surface area contributed by atoms with Gasteiger partial charge in [-0.3, -0.25) is 0 Å². The molecule has 0 spiro atoms. The molecule has 0 aliphatic heterocycles. The Labute approximate surface area is 209 Å². The molecule has 0 radical (unpaired) electrons. The molecule has 0 aromatic heterocycles. The van der Waals surface area contributed by atoms with Crippen LogP contribution in [0.3, 0.4) is 0 Å². The average Bonchev–Trinajstić information content (AvgIpc) is 2.69. The van der Waals surface area contributed by atoms with Crippen molar-refractivity contribution in [2.75, 3.05) is 13.1 Å². The molecule has 2 heteroatoms. The second-order valence-electron chi connectivity index (χ2n) is 14.2. The number of hydrogen-bond donors (Lipinski definition) is 2. The zero-order chi connectivity index (χ0) is 25.9. The second kappa shape index (κ2) is 13.8. The lowest BCUT2D eigenvalue weighted by atomic mass is 9.72. The first-order chi connectivity index (χ1) is 14.9. The van der Waals surface area contributed by atoms with E-state index >= 15 is 0 Å². The van der Waals surface area contributed by atoms with E-state index in [1.54, 1.807) is 0 Å². The van der Waals surface area contributed by atoms with Gasteiger partial charge in [0.1, 0.15) is 0 Å². The van der Waals surface area contributed by atoms with Crippen LogP contribution in [0, 0.1) is 33.5 Å². The molecule has 0 aromatic carbocycles. The number of rotatable bonds is 19. The third-order valence-corrected chi connectivity index (χ3v) is 7.95. The molecule has 0 heterocycles. The molecule has 2 N–H and O–H groups in total. The fourth-order valence-corrected chi connectivity index (χ4v) is 4.72. The van der Waals surface area contributed by atoms with Gasteiger partial charge in [-0.15, -0.1) is 6.58 Å². The van der Waals surface area contributed by atoms with Crippen LogP contribution in [-0.2, 0) is 0 Å². The molecule has 2 nitrogen and oxygen atoms in total. The first-order valence-corrected chi connectivity index (χ1v) is 13.7. The van der Waals surface area contributed by atoms with Crippen molar-refractivity contribution < 1.29 is 0 Å². The molecule has 33 heavy (non-hydrogen) atoms. The van der Waals surface area contributed by atoms with Gasteiger partial charge in [0.15, 0.2) is 0 Å². The Bertz CT molecular complexity index is 567. The molecule has 0 aliphatic carbocycles. The summed E-state index contributed by atoms with van der Waals surface area (Å²) < 4.78 is 0. The quantitative estimate of drug-likeness (QED) is 0.187. The Morgan fingerprint density at radius 1 is 0.727 bits per heavy atom. The molecule has 0 bridgehead atoms. The summed E-state index contributed by atoms with van der Waals surface area (Å²) in [4.78, 5) is 0. The number of hydrogen-bond acceptors (Lipinski definition) is 2. The molecule has 2 unspecified atom stereocenters. The van der Waals surface area contributed by atoms with Gasteiger partial charge in [0, 0.05) is 13.1 Å². The molecular weight excluding hydrogens is 400 g/mol. The van der Waals surface area contributed by atoms with Crippen LogP contribution in [-0.4, -0.2) is 13.1 Å². The van der Waals surface area contributed by atoms with E-state index in [1.165, 1.54) is 44.9 Å². The van der Waals surface area contributed by atoms with E-state index in [-0.39, 0.29) is 5.41 Å². The van der Waals surface area contributed by atoms with Gasteiger partial charge >= 0.3 is 0 Å². The summed E-state index contributed by atoms with van der Waals surface area (Å²) >= 11 is 0. The van der Waals surface area contributed by atoms with Crippen LogP contribution in [0.25, 0.3) is 0 Å². The smallest absolute Gasteiger partial charge is 0.0912 e. The third-order valence-electron chi connectivity index (χ3n) is 7.95. The highest BCUT2D eigenvalue weighted by Gasteiger charge is 2.27. The van der Waals surface area contributed by atoms with Gasteiger partial charge in [-0.2, -0.15) is 0 Å². The van der Waals surface area contributed by atoms with Crippen molar-refractivity contribution in [2.45, 2.75) is 128 Å². The van der Waals surface area contributed by atoms with Gasteiger partial charge in [0.05, 0.1) is 5.82 Å². The Morgan fingerprint density at radius 3 is 1.73 bits per heavy atom.